The fraction of sp³-hybridized carbons (Fsp3) is 1.00. The third-order valence-electron chi connectivity index (χ3n) is 4.79. The van der Waals surface area contributed by atoms with Crippen LogP contribution >= 0.6 is 0 Å². The number of rotatable bonds is 6. The van der Waals surface area contributed by atoms with Gasteiger partial charge in [-0.1, -0.05) is 6.42 Å². The Hall–Kier alpha value is -0.0800. The summed E-state index contributed by atoms with van der Waals surface area (Å²) in [6, 6.07) is 2.36. The minimum Gasteiger partial charge on any atom is -0.314 e. The van der Waals surface area contributed by atoms with E-state index in [0.29, 0.717) is 6.04 Å². The molecule has 2 heteroatoms. The first-order chi connectivity index (χ1) is 8.33. The summed E-state index contributed by atoms with van der Waals surface area (Å²) in [7, 11) is 0. The molecule has 0 aromatic heterocycles. The summed E-state index contributed by atoms with van der Waals surface area (Å²) in [6.45, 7) is 3.64. The largest absolute Gasteiger partial charge is 0.314 e. The molecule has 1 aliphatic heterocycles. The van der Waals surface area contributed by atoms with Crippen LogP contribution in [0.4, 0.5) is 0 Å². The number of piperidine rings is 1. The molecule has 2 N–H and O–H groups in total. The first-order valence-electron chi connectivity index (χ1n) is 7.82. The minimum atomic E-state index is 0.705. The molecule has 0 spiro atoms. The van der Waals surface area contributed by atoms with Crippen LogP contribution in [0.3, 0.4) is 0 Å². The monoisotopic (exact) mass is 236 g/mol. The molecule has 17 heavy (non-hydrogen) atoms. The second-order valence-corrected chi connectivity index (χ2v) is 6.65. The average Bonchev–Trinajstić information content (AvgIpc) is 3.19. The lowest BCUT2D eigenvalue weighted by Crippen LogP contribution is -2.44. The lowest BCUT2D eigenvalue weighted by Gasteiger charge is -2.29. The smallest absolute Gasteiger partial charge is 0.0126 e. The fourth-order valence-corrected chi connectivity index (χ4v) is 3.52. The van der Waals surface area contributed by atoms with Gasteiger partial charge in [0.25, 0.3) is 0 Å². The molecule has 3 rings (SSSR count). The third kappa shape index (κ3) is 3.45. The molecule has 2 aliphatic carbocycles. The summed E-state index contributed by atoms with van der Waals surface area (Å²) < 4.78 is 0. The summed E-state index contributed by atoms with van der Waals surface area (Å²) in [4.78, 5) is 0. The summed E-state index contributed by atoms with van der Waals surface area (Å²) in [5.74, 6) is 2.06. The molecule has 0 radical (unpaired) electrons. The van der Waals surface area contributed by atoms with Crippen LogP contribution in [0.2, 0.25) is 0 Å². The van der Waals surface area contributed by atoms with Crippen molar-refractivity contribution in [2.75, 3.05) is 6.54 Å². The highest BCUT2D eigenvalue weighted by molar-refractivity contribution is 4.97. The molecule has 0 bridgehead atoms. The van der Waals surface area contributed by atoms with Crippen molar-refractivity contribution in [1.29, 1.82) is 0 Å². The molecule has 3 fully saturated rings. The Morgan fingerprint density at radius 3 is 2.29 bits per heavy atom. The number of nitrogens with one attached hydrogen (secondary N) is 2. The maximum Gasteiger partial charge on any atom is 0.0126 e. The molecule has 98 valence electrons. The van der Waals surface area contributed by atoms with Crippen molar-refractivity contribution in [1.82, 2.24) is 10.6 Å². The second kappa shape index (κ2) is 5.27. The Bertz CT molecular complexity index is 227. The van der Waals surface area contributed by atoms with E-state index in [-0.39, 0.29) is 0 Å². The van der Waals surface area contributed by atoms with Gasteiger partial charge in [-0.05, 0) is 70.3 Å². The van der Waals surface area contributed by atoms with Crippen molar-refractivity contribution in [3.63, 3.8) is 0 Å². The van der Waals surface area contributed by atoms with Gasteiger partial charge < -0.3 is 10.6 Å². The standard InChI is InChI=1S/C15H28N2/c1-11(10-14-4-2-3-9-16-14)17-15(12-5-6-12)13-7-8-13/h11-17H,2-10H2,1H3. The highest BCUT2D eigenvalue weighted by Gasteiger charge is 2.41. The van der Waals surface area contributed by atoms with Crippen LogP contribution in [0.25, 0.3) is 0 Å². The number of hydrogen-bond acceptors (Lipinski definition) is 2. The zero-order valence-corrected chi connectivity index (χ0v) is 11.3. The highest BCUT2D eigenvalue weighted by atomic mass is 15.0. The molecule has 1 heterocycles. The fourth-order valence-electron chi connectivity index (χ4n) is 3.52. The maximum atomic E-state index is 3.95. The first kappa shape index (κ1) is 12.0. The van der Waals surface area contributed by atoms with Gasteiger partial charge in [0, 0.05) is 18.1 Å². The van der Waals surface area contributed by atoms with E-state index in [1.54, 1.807) is 0 Å². The Morgan fingerprint density at radius 1 is 1.06 bits per heavy atom. The predicted molar refractivity (Wildman–Crippen MR) is 72.1 cm³/mol. The van der Waals surface area contributed by atoms with Crippen LogP contribution in [0.15, 0.2) is 0 Å². The zero-order chi connectivity index (χ0) is 11.7. The van der Waals surface area contributed by atoms with Crippen molar-refractivity contribution >= 4 is 0 Å². The van der Waals surface area contributed by atoms with E-state index in [1.165, 1.54) is 57.9 Å². The van der Waals surface area contributed by atoms with E-state index in [9.17, 15) is 0 Å². The van der Waals surface area contributed by atoms with Crippen LogP contribution < -0.4 is 10.6 Å². The molecule has 3 aliphatic rings. The van der Waals surface area contributed by atoms with Crippen LogP contribution in [-0.2, 0) is 0 Å². The third-order valence-corrected chi connectivity index (χ3v) is 4.79. The molecule has 0 amide bonds. The van der Waals surface area contributed by atoms with Gasteiger partial charge >= 0.3 is 0 Å². The van der Waals surface area contributed by atoms with E-state index in [1.807, 2.05) is 0 Å². The first-order valence-corrected chi connectivity index (χ1v) is 7.82. The molecular formula is C15H28N2. The topological polar surface area (TPSA) is 24.1 Å². The molecule has 0 aromatic carbocycles. The summed E-state index contributed by atoms with van der Waals surface area (Å²) in [5, 5.41) is 7.62. The Labute approximate surface area is 106 Å². The Morgan fingerprint density at radius 2 is 1.76 bits per heavy atom. The van der Waals surface area contributed by atoms with Gasteiger partial charge in [-0.2, -0.15) is 0 Å². The van der Waals surface area contributed by atoms with Crippen LogP contribution in [0.5, 0.6) is 0 Å². The van der Waals surface area contributed by atoms with E-state index in [0.717, 1.165) is 23.9 Å². The molecular weight excluding hydrogens is 208 g/mol. The van der Waals surface area contributed by atoms with Gasteiger partial charge in [0.1, 0.15) is 0 Å². The summed E-state index contributed by atoms with van der Waals surface area (Å²) in [6.07, 6.45) is 11.5. The van der Waals surface area contributed by atoms with E-state index >= 15 is 0 Å². The van der Waals surface area contributed by atoms with Gasteiger partial charge in [0.2, 0.25) is 0 Å². The predicted octanol–water partition coefficient (Wildman–Crippen LogP) is 2.69. The SMILES string of the molecule is CC(CC1CCCCN1)NC(C1CC1)C1CC1. The van der Waals surface area contributed by atoms with Crippen molar-refractivity contribution < 1.29 is 0 Å². The molecule has 2 nitrogen and oxygen atoms in total. The minimum absolute atomic E-state index is 0.705. The van der Waals surface area contributed by atoms with Crippen LogP contribution in [0.1, 0.15) is 58.3 Å². The van der Waals surface area contributed by atoms with Gasteiger partial charge in [-0.15, -0.1) is 0 Å². The number of hydrogen-bond donors (Lipinski definition) is 2. The van der Waals surface area contributed by atoms with Gasteiger partial charge in [0.15, 0.2) is 0 Å². The highest BCUT2D eigenvalue weighted by Crippen LogP contribution is 2.44. The van der Waals surface area contributed by atoms with E-state index < -0.39 is 0 Å². The molecule has 1 saturated heterocycles. The van der Waals surface area contributed by atoms with Gasteiger partial charge in [0.05, 0.1) is 0 Å². The normalized spacial score (nSPS) is 31.8. The van der Waals surface area contributed by atoms with Crippen molar-refractivity contribution in [3.05, 3.63) is 0 Å². The van der Waals surface area contributed by atoms with Crippen molar-refractivity contribution in [3.8, 4) is 0 Å². The Balaban J connectivity index is 1.43. The lowest BCUT2D eigenvalue weighted by atomic mass is 9.97. The van der Waals surface area contributed by atoms with Crippen LogP contribution in [-0.4, -0.2) is 24.7 Å². The quantitative estimate of drug-likeness (QED) is 0.741. The van der Waals surface area contributed by atoms with E-state index in [4.69, 9.17) is 0 Å². The zero-order valence-electron chi connectivity index (χ0n) is 11.3. The van der Waals surface area contributed by atoms with Crippen molar-refractivity contribution in [2.45, 2.75) is 76.4 Å². The van der Waals surface area contributed by atoms with Crippen molar-refractivity contribution in [2.24, 2.45) is 11.8 Å². The lowest BCUT2D eigenvalue weighted by molar-refractivity contribution is 0.307. The van der Waals surface area contributed by atoms with Gasteiger partial charge in [-0.25, -0.2) is 0 Å². The molecule has 2 atom stereocenters. The maximum absolute atomic E-state index is 3.95. The molecule has 2 unspecified atom stereocenters. The summed E-state index contributed by atoms with van der Waals surface area (Å²) >= 11 is 0. The van der Waals surface area contributed by atoms with E-state index in [2.05, 4.69) is 17.6 Å². The molecule has 2 saturated carbocycles. The molecule has 0 aromatic rings. The van der Waals surface area contributed by atoms with Gasteiger partial charge in [-0.3, -0.25) is 0 Å². The average molecular weight is 236 g/mol. The summed E-state index contributed by atoms with van der Waals surface area (Å²) in [5.41, 5.74) is 0. The Kier molecular flexibility index (Phi) is 3.72. The second-order valence-electron chi connectivity index (χ2n) is 6.65. The van der Waals surface area contributed by atoms with Crippen LogP contribution in [0, 0.1) is 11.8 Å².